The number of carbonyl (C=O) groups is 1. The Morgan fingerprint density at radius 1 is 1.23 bits per heavy atom. The highest BCUT2D eigenvalue weighted by molar-refractivity contribution is 5.95. The van der Waals surface area contributed by atoms with Gasteiger partial charge in [0.05, 0.1) is 11.1 Å². The van der Waals surface area contributed by atoms with E-state index in [0.29, 0.717) is 19.0 Å². The Morgan fingerprint density at radius 3 is 2.62 bits per heavy atom. The Balaban J connectivity index is 1.91. The summed E-state index contributed by atoms with van der Waals surface area (Å²) in [5.41, 5.74) is 4.11. The number of ether oxygens (including phenoxy) is 1. The lowest BCUT2D eigenvalue weighted by Crippen LogP contribution is -2.44. The quantitative estimate of drug-likeness (QED) is 0.856. The van der Waals surface area contributed by atoms with Gasteiger partial charge >= 0.3 is 6.18 Å². The summed E-state index contributed by atoms with van der Waals surface area (Å²) in [5, 5.41) is 3.19. The topological polar surface area (TPSA) is 93.4 Å². The van der Waals surface area contributed by atoms with Crippen LogP contribution in [0.2, 0.25) is 0 Å². The van der Waals surface area contributed by atoms with Crippen LogP contribution in [0.15, 0.2) is 30.5 Å². The molecule has 138 valence electrons. The number of anilines is 1. The van der Waals surface area contributed by atoms with Crippen LogP contribution >= 0.6 is 0 Å². The third kappa shape index (κ3) is 4.02. The predicted octanol–water partition coefficient (Wildman–Crippen LogP) is 1.80. The van der Waals surface area contributed by atoms with Gasteiger partial charge in [0.2, 0.25) is 11.8 Å². The van der Waals surface area contributed by atoms with Crippen molar-refractivity contribution in [3.8, 4) is 11.6 Å². The summed E-state index contributed by atoms with van der Waals surface area (Å²) in [5.74, 6) is -0.783. The zero-order valence-electron chi connectivity index (χ0n) is 13.6. The molecular weight excluding hydrogens is 351 g/mol. The van der Waals surface area contributed by atoms with Gasteiger partial charge in [0.25, 0.3) is 5.91 Å². The molecule has 1 aliphatic heterocycles. The molecule has 1 saturated heterocycles. The number of amides is 1. The van der Waals surface area contributed by atoms with Crippen LogP contribution in [-0.2, 0) is 6.18 Å². The normalized spacial score (nSPS) is 15.0. The Hall–Kier alpha value is -2.88. The van der Waals surface area contributed by atoms with Gasteiger partial charge in [0.1, 0.15) is 5.75 Å². The number of nitrogens with zero attached hydrogens (tertiary/aromatic N) is 3. The van der Waals surface area contributed by atoms with Gasteiger partial charge in [-0.25, -0.2) is 4.98 Å². The Morgan fingerprint density at radius 2 is 1.96 bits per heavy atom. The first kappa shape index (κ1) is 17.9. The maximum atomic E-state index is 12.9. The van der Waals surface area contributed by atoms with E-state index in [9.17, 15) is 18.0 Å². The molecule has 1 amide bonds. The monoisotopic (exact) mass is 367 g/mol. The van der Waals surface area contributed by atoms with Gasteiger partial charge in [-0.15, -0.1) is 0 Å². The van der Waals surface area contributed by atoms with Crippen LogP contribution < -0.4 is 20.7 Å². The summed E-state index contributed by atoms with van der Waals surface area (Å²) in [6, 6.07) is 3.89. The summed E-state index contributed by atoms with van der Waals surface area (Å²) >= 11 is 0. The van der Waals surface area contributed by atoms with Gasteiger partial charge in [-0.3, -0.25) is 4.79 Å². The van der Waals surface area contributed by atoms with Crippen molar-refractivity contribution in [2.75, 3.05) is 31.1 Å². The standard InChI is InChI=1S/C16H16F3N5O2/c17-16(18,19)10-1-2-11(14(20)25)12(9-10)26-13-3-4-22-15(23-13)24-7-5-21-6-8-24/h1-4,9,21H,5-8H2,(H2,20,25). The molecule has 1 aliphatic rings. The number of nitrogens with one attached hydrogen (secondary N) is 1. The Kier molecular flexibility index (Phi) is 4.94. The van der Waals surface area contributed by atoms with E-state index in [1.54, 1.807) is 0 Å². The highest BCUT2D eigenvalue weighted by Crippen LogP contribution is 2.34. The van der Waals surface area contributed by atoms with Gasteiger partial charge in [-0.1, -0.05) is 0 Å². The fraction of sp³-hybridized carbons (Fsp3) is 0.312. The average Bonchev–Trinajstić information content (AvgIpc) is 2.62. The molecule has 0 bridgehead atoms. The minimum Gasteiger partial charge on any atom is -0.438 e. The van der Waals surface area contributed by atoms with E-state index in [0.717, 1.165) is 31.3 Å². The Labute approximate surface area is 147 Å². The predicted molar refractivity (Wildman–Crippen MR) is 87.2 cm³/mol. The smallest absolute Gasteiger partial charge is 0.416 e. The number of hydrogen-bond acceptors (Lipinski definition) is 6. The van der Waals surface area contributed by atoms with Crippen molar-refractivity contribution in [3.63, 3.8) is 0 Å². The number of benzene rings is 1. The van der Waals surface area contributed by atoms with Crippen LogP contribution in [0.25, 0.3) is 0 Å². The van der Waals surface area contributed by atoms with E-state index in [1.165, 1.54) is 12.3 Å². The number of hydrogen-bond donors (Lipinski definition) is 2. The molecule has 0 radical (unpaired) electrons. The first-order chi connectivity index (χ1) is 12.3. The number of aromatic nitrogens is 2. The van der Waals surface area contributed by atoms with Crippen molar-refractivity contribution in [1.82, 2.24) is 15.3 Å². The summed E-state index contributed by atoms with van der Waals surface area (Å²) in [4.78, 5) is 21.8. The molecule has 2 aromatic rings. The van der Waals surface area contributed by atoms with Crippen molar-refractivity contribution < 1.29 is 22.7 Å². The Bertz CT molecular complexity index is 807. The van der Waals surface area contributed by atoms with Crippen LogP contribution in [0.5, 0.6) is 11.6 Å². The fourth-order valence-corrected chi connectivity index (χ4v) is 2.51. The zero-order valence-corrected chi connectivity index (χ0v) is 13.6. The van der Waals surface area contributed by atoms with E-state index in [-0.39, 0.29) is 17.2 Å². The maximum Gasteiger partial charge on any atom is 0.416 e. The molecule has 10 heteroatoms. The van der Waals surface area contributed by atoms with E-state index in [2.05, 4.69) is 15.3 Å². The van der Waals surface area contributed by atoms with E-state index in [4.69, 9.17) is 10.5 Å². The fourth-order valence-electron chi connectivity index (χ4n) is 2.51. The second-order valence-electron chi connectivity index (χ2n) is 5.61. The summed E-state index contributed by atoms with van der Waals surface area (Å²) < 4.78 is 44.3. The number of rotatable bonds is 4. The molecule has 3 rings (SSSR count). The first-order valence-corrected chi connectivity index (χ1v) is 7.82. The first-order valence-electron chi connectivity index (χ1n) is 7.82. The number of halogens is 3. The van der Waals surface area contributed by atoms with Crippen LogP contribution in [0, 0.1) is 0 Å². The molecule has 7 nitrogen and oxygen atoms in total. The maximum absolute atomic E-state index is 12.9. The number of alkyl halides is 3. The molecule has 1 aromatic carbocycles. The molecule has 0 unspecified atom stereocenters. The van der Waals surface area contributed by atoms with Gasteiger partial charge < -0.3 is 20.7 Å². The average molecular weight is 367 g/mol. The molecule has 1 aromatic heterocycles. The highest BCUT2D eigenvalue weighted by Gasteiger charge is 2.32. The van der Waals surface area contributed by atoms with Gasteiger partial charge in [0, 0.05) is 38.4 Å². The van der Waals surface area contributed by atoms with Crippen LogP contribution in [-0.4, -0.2) is 42.1 Å². The number of nitrogens with two attached hydrogens (primary N) is 1. The largest absolute Gasteiger partial charge is 0.438 e. The van der Waals surface area contributed by atoms with Crippen molar-refractivity contribution in [1.29, 1.82) is 0 Å². The molecule has 0 aliphatic carbocycles. The lowest BCUT2D eigenvalue weighted by Gasteiger charge is -2.27. The number of carbonyl (C=O) groups excluding carboxylic acids is 1. The molecule has 0 saturated carbocycles. The molecule has 3 N–H and O–H groups in total. The molecule has 26 heavy (non-hydrogen) atoms. The number of piperazine rings is 1. The summed E-state index contributed by atoms with van der Waals surface area (Å²) in [6.07, 6.45) is -3.14. The molecule has 2 heterocycles. The van der Waals surface area contributed by atoms with Crippen molar-refractivity contribution in [3.05, 3.63) is 41.6 Å². The molecular formula is C16H16F3N5O2. The summed E-state index contributed by atoms with van der Waals surface area (Å²) in [7, 11) is 0. The van der Waals surface area contributed by atoms with Crippen LogP contribution in [0.1, 0.15) is 15.9 Å². The van der Waals surface area contributed by atoms with E-state index < -0.39 is 17.6 Å². The molecule has 0 spiro atoms. The second kappa shape index (κ2) is 7.16. The molecule has 0 atom stereocenters. The lowest BCUT2D eigenvalue weighted by atomic mass is 10.1. The van der Waals surface area contributed by atoms with Crippen molar-refractivity contribution >= 4 is 11.9 Å². The minimum absolute atomic E-state index is 0.0235. The van der Waals surface area contributed by atoms with Gasteiger partial charge in [0.15, 0.2) is 0 Å². The highest BCUT2D eigenvalue weighted by atomic mass is 19.4. The van der Waals surface area contributed by atoms with Crippen LogP contribution in [0.4, 0.5) is 19.1 Å². The van der Waals surface area contributed by atoms with E-state index in [1.807, 2.05) is 4.90 Å². The van der Waals surface area contributed by atoms with Gasteiger partial charge in [-0.05, 0) is 18.2 Å². The second-order valence-corrected chi connectivity index (χ2v) is 5.61. The van der Waals surface area contributed by atoms with Crippen molar-refractivity contribution in [2.24, 2.45) is 5.73 Å². The lowest BCUT2D eigenvalue weighted by molar-refractivity contribution is -0.137. The third-order valence-electron chi connectivity index (χ3n) is 3.81. The van der Waals surface area contributed by atoms with Crippen molar-refractivity contribution in [2.45, 2.75) is 6.18 Å². The third-order valence-corrected chi connectivity index (χ3v) is 3.81. The van der Waals surface area contributed by atoms with Crippen LogP contribution in [0.3, 0.4) is 0 Å². The van der Waals surface area contributed by atoms with E-state index >= 15 is 0 Å². The number of primary amides is 1. The SMILES string of the molecule is NC(=O)c1ccc(C(F)(F)F)cc1Oc1ccnc(N2CCNCC2)n1. The summed E-state index contributed by atoms with van der Waals surface area (Å²) in [6.45, 7) is 2.93. The van der Waals surface area contributed by atoms with Gasteiger partial charge in [-0.2, -0.15) is 18.2 Å². The minimum atomic E-state index is -4.58. The molecule has 1 fully saturated rings. The zero-order chi connectivity index (χ0) is 18.7.